The summed E-state index contributed by atoms with van der Waals surface area (Å²) < 4.78 is 0. The molecule has 0 saturated carbocycles. The minimum Gasteiger partial charge on any atom is -0.348 e. The van der Waals surface area contributed by atoms with Crippen LogP contribution in [0.4, 0.5) is 5.69 Å². The number of carbonyl (C=O) groups excluding carboxylic acids is 1. The molecule has 0 fully saturated rings. The first-order valence-electron chi connectivity index (χ1n) is 5.02. The molecule has 0 bridgehead atoms. The summed E-state index contributed by atoms with van der Waals surface area (Å²) in [7, 11) is 3.41. The Morgan fingerprint density at radius 2 is 2.18 bits per heavy atom. The molecule has 0 unspecified atom stereocenters. The van der Waals surface area contributed by atoms with E-state index in [0.717, 1.165) is 5.56 Å². The Bertz CT molecular complexity index is 421. The average Bonchev–Trinajstić information content (AvgIpc) is 2.29. The van der Waals surface area contributed by atoms with Crippen molar-refractivity contribution >= 4 is 23.4 Å². The van der Waals surface area contributed by atoms with Gasteiger partial charge in [0.1, 0.15) is 0 Å². The molecule has 0 radical (unpaired) electrons. The van der Waals surface area contributed by atoms with Crippen LogP contribution in [0.3, 0.4) is 0 Å². The summed E-state index contributed by atoms with van der Waals surface area (Å²) in [6, 6.07) is 6.47. The SMILES string of the molecule is CN(C)C(=O)CSCc1cccc([N+](=O)[O-])c1. The molecule has 0 N–H and O–H groups in total. The van der Waals surface area contributed by atoms with Gasteiger partial charge in [0.2, 0.25) is 5.91 Å². The third-order valence-electron chi connectivity index (χ3n) is 2.11. The van der Waals surface area contributed by atoms with E-state index in [1.807, 2.05) is 6.07 Å². The van der Waals surface area contributed by atoms with Gasteiger partial charge in [-0.2, -0.15) is 0 Å². The maximum absolute atomic E-state index is 11.3. The molecule has 1 rings (SSSR count). The summed E-state index contributed by atoms with van der Waals surface area (Å²) in [6.07, 6.45) is 0. The van der Waals surface area contributed by atoms with Crippen molar-refractivity contribution in [2.75, 3.05) is 19.8 Å². The number of nitro groups is 1. The van der Waals surface area contributed by atoms with Gasteiger partial charge in [0, 0.05) is 32.0 Å². The van der Waals surface area contributed by atoms with Crippen LogP contribution in [-0.2, 0) is 10.5 Å². The monoisotopic (exact) mass is 254 g/mol. The number of nitro benzene ring substituents is 1. The molecule has 0 aliphatic rings. The molecular formula is C11H14N2O3S. The fourth-order valence-electron chi connectivity index (χ4n) is 1.15. The number of non-ortho nitro benzene ring substituents is 1. The molecule has 1 amide bonds. The molecule has 1 aromatic rings. The average molecular weight is 254 g/mol. The highest BCUT2D eigenvalue weighted by atomic mass is 32.2. The summed E-state index contributed by atoms with van der Waals surface area (Å²) in [4.78, 5) is 23.0. The third kappa shape index (κ3) is 4.44. The summed E-state index contributed by atoms with van der Waals surface area (Å²) in [5, 5.41) is 10.6. The lowest BCUT2D eigenvalue weighted by atomic mass is 10.2. The van der Waals surface area contributed by atoms with Crippen molar-refractivity contribution in [3.8, 4) is 0 Å². The van der Waals surface area contributed by atoms with Crippen LogP contribution in [-0.4, -0.2) is 35.6 Å². The molecule has 0 heterocycles. The largest absolute Gasteiger partial charge is 0.348 e. The Labute approximate surface area is 104 Å². The van der Waals surface area contributed by atoms with Gasteiger partial charge in [-0.3, -0.25) is 14.9 Å². The number of benzene rings is 1. The second kappa shape index (κ2) is 6.24. The number of hydrogen-bond donors (Lipinski definition) is 0. The Hall–Kier alpha value is -1.56. The highest BCUT2D eigenvalue weighted by Crippen LogP contribution is 2.18. The van der Waals surface area contributed by atoms with Crippen LogP contribution in [0.15, 0.2) is 24.3 Å². The van der Waals surface area contributed by atoms with Crippen LogP contribution in [0.2, 0.25) is 0 Å². The second-order valence-corrected chi connectivity index (χ2v) is 4.69. The highest BCUT2D eigenvalue weighted by Gasteiger charge is 2.07. The zero-order valence-electron chi connectivity index (χ0n) is 9.75. The maximum atomic E-state index is 11.3. The Morgan fingerprint density at radius 1 is 1.47 bits per heavy atom. The smallest absolute Gasteiger partial charge is 0.269 e. The summed E-state index contributed by atoms with van der Waals surface area (Å²) in [5.41, 5.74) is 0.942. The topological polar surface area (TPSA) is 63.5 Å². The molecule has 0 atom stereocenters. The zero-order chi connectivity index (χ0) is 12.8. The van der Waals surface area contributed by atoms with Gasteiger partial charge in [-0.05, 0) is 5.56 Å². The predicted molar refractivity (Wildman–Crippen MR) is 68.0 cm³/mol. The molecule has 92 valence electrons. The molecule has 17 heavy (non-hydrogen) atoms. The number of thioether (sulfide) groups is 1. The van der Waals surface area contributed by atoms with Crippen molar-refractivity contribution < 1.29 is 9.72 Å². The van der Waals surface area contributed by atoms with Crippen LogP contribution < -0.4 is 0 Å². The van der Waals surface area contributed by atoms with Gasteiger partial charge in [0.15, 0.2) is 0 Å². The minimum atomic E-state index is -0.418. The number of carbonyl (C=O) groups is 1. The van der Waals surface area contributed by atoms with E-state index >= 15 is 0 Å². The molecule has 0 aliphatic heterocycles. The van der Waals surface area contributed by atoms with E-state index in [2.05, 4.69) is 0 Å². The standard InChI is InChI=1S/C11H14N2O3S/c1-12(2)11(14)8-17-7-9-4-3-5-10(6-9)13(15)16/h3-6H,7-8H2,1-2H3. The molecule has 6 heteroatoms. The Kier molecular flexibility index (Phi) is 4.96. The van der Waals surface area contributed by atoms with E-state index in [1.54, 1.807) is 20.2 Å². The molecule has 0 spiro atoms. The number of amides is 1. The Morgan fingerprint density at radius 3 is 2.76 bits per heavy atom. The lowest BCUT2D eigenvalue weighted by molar-refractivity contribution is -0.384. The number of rotatable bonds is 5. The van der Waals surface area contributed by atoms with E-state index in [1.165, 1.54) is 28.8 Å². The first-order chi connectivity index (χ1) is 8.00. The van der Waals surface area contributed by atoms with E-state index in [0.29, 0.717) is 11.5 Å². The van der Waals surface area contributed by atoms with Gasteiger partial charge in [-0.15, -0.1) is 11.8 Å². The van der Waals surface area contributed by atoms with E-state index < -0.39 is 4.92 Å². The summed E-state index contributed by atoms with van der Waals surface area (Å²) >= 11 is 1.45. The van der Waals surface area contributed by atoms with E-state index in [4.69, 9.17) is 0 Å². The lowest BCUT2D eigenvalue weighted by Crippen LogP contribution is -2.23. The quantitative estimate of drug-likeness (QED) is 0.595. The molecule has 0 aromatic heterocycles. The fraction of sp³-hybridized carbons (Fsp3) is 0.364. The van der Waals surface area contributed by atoms with Gasteiger partial charge in [0.25, 0.3) is 5.69 Å². The first kappa shape index (κ1) is 13.5. The fourth-order valence-corrected chi connectivity index (χ4v) is 2.10. The van der Waals surface area contributed by atoms with Gasteiger partial charge in [-0.1, -0.05) is 12.1 Å². The Balaban J connectivity index is 2.50. The second-order valence-electron chi connectivity index (χ2n) is 3.71. The van der Waals surface area contributed by atoms with Crippen molar-refractivity contribution in [3.05, 3.63) is 39.9 Å². The molecule has 0 saturated heterocycles. The van der Waals surface area contributed by atoms with Crippen molar-refractivity contribution in [2.24, 2.45) is 0 Å². The summed E-state index contributed by atoms with van der Waals surface area (Å²) in [6.45, 7) is 0. The third-order valence-corrected chi connectivity index (χ3v) is 3.10. The molecule has 5 nitrogen and oxygen atoms in total. The summed E-state index contributed by atoms with van der Waals surface area (Å²) in [5.74, 6) is 1.03. The van der Waals surface area contributed by atoms with Crippen LogP contribution >= 0.6 is 11.8 Å². The van der Waals surface area contributed by atoms with Crippen molar-refractivity contribution in [3.63, 3.8) is 0 Å². The number of nitrogens with zero attached hydrogens (tertiary/aromatic N) is 2. The normalized spacial score (nSPS) is 10.0. The highest BCUT2D eigenvalue weighted by molar-refractivity contribution is 7.99. The van der Waals surface area contributed by atoms with Crippen molar-refractivity contribution in [1.82, 2.24) is 4.90 Å². The molecule has 0 aliphatic carbocycles. The van der Waals surface area contributed by atoms with Crippen LogP contribution in [0.1, 0.15) is 5.56 Å². The minimum absolute atomic E-state index is 0.0421. The number of hydrogen-bond acceptors (Lipinski definition) is 4. The first-order valence-corrected chi connectivity index (χ1v) is 6.17. The van der Waals surface area contributed by atoms with Gasteiger partial charge < -0.3 is 4.90 Å². The lowest BCUT2D eigenvalue weighted by Gasteiger charge is -2.09. The van der Waals surface area contributed by atoms with Crippen LogP contribution in [0, 0.1) is 10.1 Å². The van der Waals surface area contributed by atoms with Crippen LogP contribution in [0.25, 0.3) is 0 Å². The predicted octanol–water partition coefficient (Wildman–Crippen LogP) is 1.92. The maximum Gasteiger partial charge on any atom is 0.269 e. The molecular weight excluding hydrogens is 240 g/mol. The molecule has 1 aromatic carbocycles. The van der Waals surface area contributed by atoms with E-state index in [-0.39, 0.29) is 11.6 Å². The van der Waals surface area contributed by atoms with Gasteiger partial charge in [-0.25, -0.2) is 0 Å². The zero-order valence-corrected chi connectivity index (χ0v) is 10.6. The van der Waals surface area contributed by atoms with E-state index in [9.17, 15) is 14.9 Å². The van der Waals surface area contributed by atoms with Crippen molar-refractivity contribution in [2.45, 2.75) is 5.75 Å². The van der Waals surface area contributed by atoms with Crippen molar-refractivity contribution in [1.29, 1.82) is 0 Å². The van der Waals surface area contributed by atoms with Crippen LogP contribution in [0.5, 0.6) is 0 Å². The van der Waals surface area contributed by atoms with Gasteiger partial charge in [0.05, 0.1) is 10.7 Å². The van der Waals surface area contributed by atoms with Gasteiger partial charge >= 0.3 is 0 Å².